The van der Waals surface area contributed by atoms with Crippen molar-refractivity contribution in [3.05, 3.63) is 30.5 Å². The largest absolute Gasteiger partial charge is 0.444 e. The molecule has 6 nitrogen and oxygen atoms in total. The molecule has 0 unspecified atom stereocenters. The van der Waals surface area contributed by atoms with Gasteiger partial charge in [-0.15, -0.1) is 0 Å². The Morgan fingerprint density at radius 2 is 2.04 bits per heavy atom. The van der Waals surface area contributed by atoms with Crippen molar-refractivity contribution in [2.45, 2.75) is 45.3 Å². The van der Waals surface area contributed by atoms with Gasteiger partial charge in [-0.3, -0.25) is 10.1 Å². The number of hydrogen-bond acceptors (Lipinski definition) is 5. The van der Waals surface area contributed by atoms with Crippen LogP contribution in [-0.4, -0.2) is 35.0 Å². The summed E-state index contributed by atoms with van der Waals surface area (Å²) < 4.78 is 5.25. The highest BCUT2D eigenvalue weighted by molar-refractivity contribution is 5.93. The van der Waals surface area contributed by atoms with E-state index in [9.17, 15) is 9.59 Å². The Morgan fingerprint density at radius 3 is 2.73 bits per heavy atom. The number of Topliss-reactive ketones (excluding diaryl/α,β-unsaturated/α-hetero) is 1. The second-order valence-electron chi connectivity index (χ2n) is 8.42. The minimum Gasteiger partial charge on any atom is -0.444 e. The average Bonchev–Trinajstić information content (AvgIpc) is 2.99. The fourth-order valence-electron chi connectivity index (χ4n) is 4.40. The van der Waals surface area contributed by atoms with Gasteiger partial charge in [0.25, 0.3) is 0 Å². The van der Waals surface area contributed by atoms with Gasteiger partial charge in [-0.25, -0.2) is 9.78 Å². The first-order valence-electron chi connectivity index (χ1n) is 9.26. The van der Waals surface area contributed by atoms with Crippen LogP contribution in [0.2, 0.25) is 0 Å². The molecule has 4 atom stereocenters. The highest BCUT2D eigenvalue weighted by atomic mass is 16.6. The molecule has 6 heteroatoms. The first kappa shape index (κ1) is 17.1. The average molecular weight is 355 g/mol. The Kier molecular flexibility index (Phi) is 4.01. The Bertz CT molecular complexity index is 751. The zero-order chi connectivity index (χ0) is 18.5. The predicted octanol–water partition coefficient (Wildman–Crippen LogP) is 3.40. The summed E-state index contributed by atoms with van der Waals surface area (Å²) >= 11 is 0. The first-order chi connectivity index (χ1) is 12.3. The van der Waals surface area contributed by atoms with Crippen LogP contribution in [0.4, 0.5) is 16.3 Å². The van der Waals surface area contributed by atoms with E-state index in [1.807, 2.05) is 26.8 Å². The molecule has 2 aliphatic carbocycles. The predicted molar refractivity (Wildman–Crippen MR) is 99.1 cm³/mol. The van der Waals surface area contributed by atoms with E-state index in [1.54, 1.807) is 12.3 Å². The van der Waals surface area contributed by atoms with Crippen LogP contribution >= 0.6 is 0 Å². The highest BCUT2D eigenvalue weighted by Crippen LogP contribution is 2.45. The number of aromatic nitrogens is 1. The molecule has 1 saturated carbocycles. The smallest absolute Gasteiger partial charge is 0.412 e. The molecule has 1 aliphatic heterocycles. The van der Waals surface area contributed by atoms with Gasteiger partial charge >= 0.3 is 6.09 Å². The summed E-state index contributed by atoms with van der Waals surface area (Å²) in [7, 11) is 0. The normalized spacial score (nSPS) is 29.7. The van der Waals surface area contributed by atoms with E-state index in [1.165, 1.54) is 0 Å². The Hall–Kier alpha value is -2.37. The SMILES string of the molecule is CC(C)(C)OC(=O)Nc1ccc(N2CC[C@H]3C(=O)[C@@H]2[C@@H]2C=C[C@H]3C2)nc1. The van der Waals surface area contributed by atoms with Crippen LogP contribution in [0, 0.1) is 17.8 Å². The molecule has 0 spiro atoms. The van der Waals surface area contributed by atoms with Gasteiger partial charge in [0.15, 0.2) is 5.78 Å². The number of hydrogen-bond donors (Lipinski definition) is 1. The summed E-state index contributed by atoms with van der Waals surface area (Å²) in [5.74, 6) is 2.07. The monoisotopic (exact) mass is 355 g/mol. The molecule has 0 radical (unpaired) electrons. The van der Waals surface area contributed by atoms with Crippen LogP contribution in [0.1, 0.15) is 33.6 Å². The van der Waals surface area contributed by atoms with Crippen LogP contribution in [-0.2, 0) is 9.53 Å². The zero-order valence-electron chi connectivity index (χ0n) is 15.4. The number of allylic oxidation sites excluding steroid dienone is 1. The number of rotatable bonds is 2. The van der Waals surface area contributed by atoms with Crippen molar-refractivity contribution in [1.82, 2.24) is 4.98 Å². The lowest BCUT2D eigenvalue weighted by Gasteiger charge is -2.46. The van der Waals surface area contributed by atoms with Crippen molar-refractivity contribution in [2.75, 3.05) is 16.8 Å². The van der Waals surface area contributed by atoms with E-state index in [2.05, 4.69) is 27.4 Å². The van der Waals surface area contributed by atoms with Crippen LogP contribution in [0.3, 0.4) is 0 Å². The van der Waals surface area contributed by atoms with E-state index in [0.717, 1.165) is 25.2 Å². The maximum atomic E-state index is 12.8. The van der Waals surface area contributed by atoms with Crippen molar-refractivity contribution in [2.24, 2.45) is 17.8 Å². The zero-order valence-corrected chi connectivity index (χ0v) is 15.4. The number of pyridine rings is 1. The number of ether oxygens (including phenoxy) is 1. The number of ketones is 1. The third-order valence-electron chi connectivity index (χ3n) is 5.43. The minimum atomic E-state index is -0.546. The minimum absolute atomic E-state index is 0.0964. The molecule has 3 aliphatic rings. The second-order valence-corrected chi connectivity index (χ2v) is 8.42. The molecular weight excluding hydrogens is 330 g/mol. The van der Waals surface area contributed by atoms with Crippen LogP contribution < -0.4 is 10.2 Å². The van der Waals surface area contributed by atoms with Crippen molar-refractivity contribution in [3.63, 3.8) is 0 Å². The molecular formula is C20H25N3O3. The number of nitrogens with zero attached hydrogens (tertiary/aromatic N) is 2. The molecule has 0 aromatic carbocycles. The Balaban J connectivity index is 1.48. The number of amides is 1. The lowest BCUT2D eigenvalue weighted by Crippen LogP contribution is -2.57. The topological polar surface area (TPSA) is 71.5 Å². The number of nitrogens with one attached hydrogen (secondary N) is 1. The van der Waals surface area contributed by atoms with E-state index in [0.29, 0.717) is 23.3 Å². The van der Waals surface area contributed by atoms with Gasteiger partial charge in [0.1, 0.15) is 11.4 Å². The third-order valence-corrected chi connectivity index (χ3v) is 5.43. The molecule has 138 valence electrons. The first-order valence-corrected chi connectivity index (χ1v) is 9.26. The van der Waals surface area contributed by atoms with Crippen molar-refractivity contribution < 1.29 is 14.3 Å². The third kappa shape index (κ3) is 3.08. The molecule has 4 rings (SSSR count). The number of piperidine rings is 1. The molecule has 2 heterocycles. The van der Waals surface area contributed by atoms with Gasteiger partial charge in [0.05, 0.1) is 17.9 Å². The summed E-state index contributed by atoms with van der Waals surface area (Å²) in [6, 6.07) is 3.57. The molecule has 1 saturated heterocycles. The standard InChI is InChI=1S/C20H25N3O3/c1-20(2,3)26-19(25)22-14-6-7-16(21-11-14)23-9-8-15-12-4-5-13(10-12)17(23)18(15)24/h4-7,11-13,15,17H,8-10H2,1-3H3,(H,22,25)/t12-,13+,15+,17-/m0/s1. The van der Waals surface area contributed by atoms with Crippen molar-refractivity contribution in [1.29, 1.82) is 0 Å². The van der Waals surface area contributed by atoms with Crippen molar-refractivity contribution in [3.8, 4) is 0 Å². The number of carbonyl (C=O) groups is 2. The molecule has 1 N–H and O–H groups in total. The summed E-state index contributed by atoms with van der Waals surface area (Å²) in [5.41, 5.74) is 0.0316. The Morgan fingerprint density at radius 1 is 1.27 bits per heavy atom. The summed E-state index contributed by atoms with van der Waals surface area (Å²) in [6.45, 7) is 6.31. The molecule has 4 bridgehead atoms. The van der Waals surface area contributed by atoms with Gasteiger partial charge in [-0.1, -0.05) is 12.2 Å². The molecule has 1 amide bonds. The molecule has 26 heavy (non-hydrogen) atoms. The van der Waals surface area contributed by atoms with Crippen LogP contribution in [0.25, 0.3) is 0 Å². The van der Waals surface area contributed by atoms with E-state index in [-0.39, 0.29) is 12.0 Å². The fourth-order valence-corrected chi connectivity index (χ4v) is 4.40. The molecule has 1 aromatic heterocycles. The maximum Gasteiger partial charge on any atom is 0.412 e. The van der Waals surface area contributed by atoms with Gasteiger partial charge in [-0.2, -0.15) is 0 Å². The second kappa shape index (κ2) is 6.11. The number of anilines is 2. The van der Waals surface area contributed by atoms with E-state index >= 15 is 0 Å². The fraction of sp³-hybridized carbons (Fsp3) is 0.550. The number of fused-ring (bicyclic) bond motifs is 6. The summed E-state index contributed by atoms with van der Waals surface area (Å²) in [4.78, 5) is 31.3. The summed E-state index contributed by atoms with van der Waals surface area (Å²) in [5, 5.41) is 2.69. The van der Waals surface area contributed by atoms with Crippen LogP contribution in [0.15, 0.2) is 30.5 Å². The van der Waals surface area contributed by atoms with Crippen molar-refractivity contribution >= 4 is 23.4 Å². The quantitative estimate of drug-likeness (QED) is 0.823. The van der Waals surface area contributed by atoms with Gasteiger partial charge in [0.2, 0.25) is 0 Å². The number of carbonyl (C=O) groups excluding carboxylic acids is 2. The molecule has 1 aromatic rings. The summed E-state index contributed by atoms with van der Waals surface area (Å²) in [6.07, 6.45) is 7.53. The van der Waals surface area contributed by atoms with E-state index < -0.39 is 11.7 Å². The lowest BCUT2D eigenvalue weighted by molar-refractivity contribution is -0.130. The highest BCUT2D eigenvalue weighted by Gasteiger charge is 2.50. The van der Waals surface area contributed by atoms with Crippen LogP contribution in [0.5, 0.6) is 0 Å². The Labute approximate surface area is 153 Å². The lowest BCUT2D eigenvalue weighted by atomic mass is 9.70. The maximum absolute atomic E-state index is 12.8. The van der Waals surface area contributed by atoms with Gasteiger partial charge in [-0.05, 0) is 51.7 Å². The van der Waals surface area contributed by atoms with Gasteiger partial charge < -0.3 is 9.64 Å². The molecule has 2 fully saturated rings. The van der Waals surface area contributed by atoms with Gasteiger partial charge in [0, 0.05) is 18.4 Å². The van der Waals surface area contributed by atoms with E-state index in [4.69, 9.17) is 4.74 Å².